The number of ether oxygens (including phenoxy) is 1. The summed E-state index contributed by atoms with van der Waals surface area (Å²) in [6, 6.07) is 18.0. The Morgan fingerprint density at radius 2 is 1.72 bits per heavy atom. The molecule has 3 aromatic carbocycles. The zero-order valence-corrected chi connectivity index (χ0v) is 19.9. The van der Waals surface area contributed by atoms with Crippen molar-refractivity contribution in [2.75, 3.05) is 7.11 Å². The minimum Gasteiger partial charge on any atom is -0.494 e. The van der Waals surface area contributed by atoms with Crippen LogP contribution in [-0.2, 0) is 23.2 Å². The van der Waals surface area contributed by atoms with Gasteiger partial charge in [0, 0.05) is 11.1 Å². The zero-order valence-electron chi connectivity index (χ0n) is 19.1. The number of halogens is 2. The predicted octanol–water partition coefficient (Wildman–Crippen LogP) is 5.18. The van der Waals surface area contributed by atoms with E-state index in [0.29, 0.717) is 11.3 Å². The Balaban J connectivity index is 1.64. The van der Waals surface area contributed by atoms with Gasteiger partial charge in [0.15, 0.2) is 11.6 Å². The second kappa shape index (κ2) is 10.6. The van der Waals surface area contributed by atoms with Gasteiger partial charge in [-0.1, -0.05) is 24.3 Å². The van der Waals surface area contributed by atoms with E-state index in [1.165, 1.54) is 48.6 Å². The first-order valence-electron chi connectivity index (χ1n) is 10.7. The van der Waals surface area contributed by atoms with Crippen molar-refractivity contribution in [1.29, 1.82) is 0 Å². The number of amides is 1. The number of rotatable bonds is 9. The third-order valence-corrected chi connectivity index (χ3v) is 6.46. The van der Waals surface area contributed by atoms with Gasteiger partial charge in [-0.3, -0.25) is 4.79 Å². The van der Waals surface area contributed by atoms with Crippen LogP contribution in [0.3, 0.4) is 0 Å². The summed E-state index contributed by atoms with van der Waals surface area (Å²) >= 11 is 0. The van der Waals surface area contributed by atoms with Crippen LogP contribution in [0.5, 0.6) is 11.5 Å². The zero-order chi connectivity index (χ0) is 25.7. The maximum atomic E-state index is 14.1. The van der Waals surface area contributed by atoms with Crippen molar-refractivity contribution in [3.8, 4) is 11.5 Å². The lowest BCUT2D eigenvalue weighted by Gasteiger charge is -2.23. The fraction of sp³-hybridized carbons (Fsp3) is 0.115. The number of para-hydroxylation sites is 1. The van der Waals surface area contributed by atoms with Gasteiger partial charge in [-0.25, -0.2) is 8.78 Å². The molecule has 0 saturated carbocycles. The van der Waals surface area contributed by atoms with Gasteiger partial charge in [-0.15, -0.1) is 0 Å². The fourth-order valence-electron chi connectivity index (χ4n) is 3.48. The molecule has 1 amide bonds. The number of furan rings is 1. The second-order valence-electron chi connectivity index (χ2n) is 7.69. The highest BCUT2D eigenvalue weighted by Crippen LogP contribution is 2.27. The van der Waals surface area contributed by atoms with E-state index in [-0.39, 0.29) is 30.2 Å². The normalized spacial score (nSPS) is 11.2. The highest BCUT2D eigenvalue weighted by Gasteiger charge is 2.23. The van der Waals surface area contributed by atoms with E-state index in [9.17, 15) is 22.0 Å². The molecule has 7 nitrogen and oxygen atoms in total. The lowest BCUT2D eigenvalue weighted by atomic mass is 10.1. The number of benzene rings is 3. The maximum Gasteiger partial charge on any atom is 0.339 e. The van der Waals surface area contributed by atoms with Crippen LogP contribution in [0, 0.1) is 11.6 Å². The molecule has 0 unspecified atom stereocenters. The molecule has 10 heteroatoms. The van der Waals surface area contributed by atoms with Crippen LogP contribution in [0.25, 0.3) is 0 Å². The topological polar surface area (TPSA) is 86.1 Å². The molecule has 0 aliphatic carbocycles. The predicted molar refractivity (Wildman–Crippen MR) is 126 cm³/mol. The summed E-state index contributed by atoms with van der Waals surface area (Å²) in [6.45, 7) is -0.0498. The molecule has 0 aliphatic rings. The van der Waals surface area contributed by atoms with Crippen LogP contribution in [-0.4, -0.2) is 26.3 Å². The van der Waals surface area contributed by atoms with Gasteiger partial charge in [0.05, 0.1) is 26.5 Å². The summed E-state index contributed by atoms with van der Waals surface area (Å²) in [6.07, 6.45) is 1.46. The molecule has 186 valence electrons. The molecule has 0 bridgehead atoms. The first kappa shape index (κ1) is 24.9. The third-order valence-electron chi connectivity index (χ3n) is 5.23. The van der Waals surface area contributed by atoms with Crippen LogP contribution >= 0.6 is 0 Å². The van der Waals surface area contributed by atoms with Crippen molar-refractivity contribution < 1.29 is 35.3 Å². The summed E-state index contributed by atoms with van der Waals surface area (Å²) in [7, 11) is -3.15. The van der Waals surface area contributed by atoms with Crippen molar-refractivity contribution in [2.24, 2.45) is 0 Å². The number of hydrogen-bond donors (Lipinski definition) is 0. The molecule has 0 spiro atoms. The number of carbonyl (C=O) groups is 1. The number of hydrogen-bond acceptors (Lipinski definition) is 6. The van der Waals surface area contributed by atoms with Crippen molar-refractivity contribution in [3.05, 3.63) is 114 Å². The summed E-state index contributed by atoms with van der Waals surface area (Å²) in [4.78, 5) is 14.2. The molecular formula is C26H21F2NO6S. The van der Waals surface area contributed by atoms with E-state index in [0.717, 1.165) is 18.2 Å². The molecule has 0 aliphatic heterocycles. The van der Waals surface area contributed by atoms with Crippen LogP contribution in [0.15, 0.2) is 94.4 Å². The Morgan fingerprint density at radius 3 is 2.42 bits per heavy atom. The summed E-state index contributed by atoms with van der Waals surface area (Å²) in [5.41, 5.74) is 0.465. The van der Waals surface area contributed by atoms with Crippen molar-refractivity contribution in [2.45, 2.75) is 18.0 Å². The highest BCUT2D eigenvalue weighted by atomic mass is 32.2. The molecule has 1 aromatic heterocycles. The quantitative estimate of drug-likeness (QED) is 0.287. The van der Waals surface area contributed by atoms with E-state index < -0.39 is 32.6 Å². The van der Waals surface area contributed by atoms with E-state index in [2.05, 4.69) is 0 Å². The molecule has 0 radical (unpaired) electrons. The van der Waals surface area contributed by atoms with Crippen molar-refractivity contribution in [3.63, 3.8) is 0 Å². The number of nitrogens with zero attached hydrogens (tertiary/aromatic N) is 1. The van der Waals surface area contributed by atoms with E-state index >= 15 is 0 Å². The molecule has 0 N–H and O–H groups in total. The smallest absolute Gasteiger partial charge is 0.339 e. The fourth-order valence-corrected chi connectivity index (χ4v) is 4.46. The Bertz CT molecular complexity index is 1470. The molecule has 0 atom stereocenters. The van der Waals surface area contributed by atoms with Gasteiger partial charge in [-0.2, -0.15) is 8.42 Å². The lowest BCUT2D eigenvalue weighted by molar-refractivity contribution is 0.0716. The molecule has 1 heterocycles. The van der Waals surface area contributed by atoms with Gasteiger partial charge in [0.2, 0.25) is 0 Å². The summed E-state index contributed by atoms with van der Waals surface area (Å²) in [5.74, 6) is -1.62. The average molecular weight is 514 g/mol. The second-order valence-corrected chi connectivity index (χ2v) is 9.24. The minimum absolute atomic E-state index is 0.0348. The van der Waals surface area contributed by atoms with Gasteiger partial charge in [-0.05, 0) is 54.6 Å². The molecule has 0 fully saturated rings. The highest BCUT2D eigenvalue weighted by molar-refractivity contribution is 7.87. The van der Waals surface area contributed by atoms with Crippen molar-refractivity contribution >= 4 is 16.0 Å². The lowest BCUT2D eigenvalue weighted by Crippen LogP contribution is -2.30. The van der Waals surface area contributed by atoms with Gasteiger partial charge in [0.1, 0.15) is 22.2 Å². The number of carbonyl (C=O) groups excluding carboxylic acids is 1. The molecule has 4 aromatic rings. The van der Waals surface area contributed by atoms with Gasteiger partial charge < -0.3 is 18.2 Å². The summed E-state index contributed by atoms with van der Waals surface area (Å²) < 4.78 is 69.1. The Labute approximate surface area is 206 Å². The van der Waals surface area contributed by atoms with Crippen LogP contribution in [0.1, 0.15) is 21.7 Å². The Morgan fingerprint density at radius 1 is 0.917 bits per heavy atom. The van der Waals surface area contributed by atoms with E-state index in [4.69, 9.17) is 13.3 Å². The van der Waals surface area contributed by atoms with Crippen LogP contribution in [0.2, 0.25) is 0 Å². The monoisotopic (exact) mass is 513 g/mol. The largest absolute Gasteiger partial charge is 0.494 e. The molecule has 0 saturated heterocycles. The first-order chi connectivity index (χ1) is 17.3. The van der Waals surface area contributed by atoms with Gasteiger partial charge in [0.25, 0.3) is 5.91 Å². The van der Waals surface area contributed by atoms with Crippen molar-refractivity contribution in [1.82, 2.24) is 4.90 Å². The van der Waals surface area contributed by atoms with Crippen LogP contribution in [0.4, 0.5) is 8.78 Å². The molecule has 4 rings (SSSR count). The Kier molecular flexibility index (Phi) is 7.35. The standard InChI is InChI=1S/C26H21F2NO6S/c1-33-25-12-11-22(15-23(25)28)36(31,32)35-24-10-3-2-6-19(24)16-29(17-21-9-5-13-34-21)26(30)18-7-4-8-20(27)14-18/h2-15H,16-17H2,1H3. The van der Waals surface area contributed by atoms with E-state index in [1.807, 2.05) is 0 Å². The van der Waals surface area contributed by atoms with Crippen LogP contribution < -0.4 is 8.92 Å². The first-order valence-corrected chi connectivity index (χ1v) is 12.1. The SMILES string of the molecule is COc1ccc(S(=O)(=O)Oc2ccccc2CN(Cc2ccco2)C(=O)c2cccc(F)c2)cc1F. The average Bonchev–Trinajstić information content (AvgIpc) is 3.37. The molecular weight excluding hydrogens is 492 g/mol. The number of methoxy groups -OCH3 is 1. The Hall–Kier alpha value is -4.18. The molecule has 36 heavy (non-hydrogen) atoms. The minimum atomic E-state index is -4.41. The third kappa shape index (κ3) is 5.72. The maximum absolute atomic E-state index is 14.1. The van der Waals surface area contributed by atoms with Gasteiger partial charge >= 0.3 is 10.1 Å². The van der Waals surface area contributed by atoms with E-state index in [1.54, 1.807) is 30.3 Å². The summed E-state index contributed by atoms with van der Waals surface area (Å²) in [5, 5.41) is 0.